The van der Waals surface area contributed by atoms with Crippen LogP contribution in [0.1, 0.15) is 35.8 Å². The fourth-order valence-electron chi connectivity index (χ4n) is 1.22. The number of rotatable bonds is 5. The van der Waals surface area contributed by atoms with Crippen LogP contribution in [-0.4, -0.2) is 22.5 Å². The Bertz CT molecular complexity index is 293. The molecule has 0 aliphatic rings. The molecule has 1 aromatic rings. The molecule has 0 radical (unpaired) electrons. The van der Waals surface area contributed by atoms with Crippen molar-refractivity contribution in [2.75, 3.05) is 6.61 Å². The van der Waals surface area contributed by atoms with Crippen LogP contribution in [0.5, 0.6) is 0 Å². The van der Waals surface area contributed by atoms with Gasteiger partial charge in [-0.1, -0.05) is 6.07 Å². The Hall–Kier alpha value is -1.22. The topological polar surface area (TPSA) is 50.2 Å². The third-order valence-corrected chi connectivity index (χ3v) is 2.06. The van der Waals surface area contributed by atoms with Crippen molar-refractivity contribution in [1.82, 2.24) is 4.98 Å². The molecule has 0 bridgehead atoms. The number of aliphatic hydroxyl groups excluding tert-OH is 1. The van der Waals surface area contributed by atoms with E-state index in [2.05, 4.69) is 4.98 Å². The zero-order chi connectivity index (χ0) is 10.4. The summed E-state index contributed by atoms with van der Waals surface area (Å²) < 4.78 is 0. The Kier molecular flexibility index (Phi) is 4.26. The highest BCUT2D eigenvalue weighted by atomic mass is 16.2. The number of aryl methyl sites for hydroxylation is 1. The van der Waals surface area contributed by atoms with Gasteiger partial charge in [0.25, 0.3) is 0 Å². The lowest BCUT2D eigenvalue weighted by molar-refractivity contribution is 0.101. The number of carbonyl (C=O) groups is 1. The van der Waals surface area contributed by atoms with Gasteiger partial charge in [-0.05, 0) is 30.9 Å². The van der Waals surface area contributed by atoms with Crippen molar-refractivity contribution in [3.8, 4) is 0 Å². The number of unbranched alkanes of at least 4 members (excludes halogenated alkanes) is 1. The first kappa shape index (κ1) is 10.9. The fourth-order valence-corrected chi connectivity index (χ4v) is 1.22. The minimum atomic E-state index is -0.00749. The molecule has 0 aliphatic heterocycles. The SMILES string of the molecule is CC(=O)c1ccc(CCCCO)cn1. The molecule has 1 aromatic heterocycles. The summed E-state index contributed by atoms with van der Waals surface area (Å²) in [6, 6.07) is 3.66. The van der Waals surface area contributed by atoms with E-state index < -0.39 is 0 Å². The molecule has 1 heterocycles. The van der Waals surface area contributed by atoms with Crippen LogP contribution in [0, 0.1) is 0 Å². The highest BCUT2D eigenvalue weighted by Gasteiger charge is 2.00. The quantitative estimate of drug-likeness (QED) is 0.570. The molecule has 0 saturated heterocycles. The molecule has 14 heavy (non-hydrogen) atoms. The van der Waals surface area contributed by atoms with E-state index in [1.807, 2.05) is 6.07 Å². The molecule has 0 aromatic carbocycles. The van der Waals surface area contributed by atoms with Gasteiger partial charge in [-0.25, -0.2) is 0 Å². The van der Waals surface area contributed by atoms with Gasteiger partial charge in [-0.3, -0.25) is 9.78 Å². The van der Waals surface area contributed by atoms with Crippen molar-refractivity contribution in [3.63, 3.8) is 0 Å². The van der Waals surface area contributed by atoms with E-state index >= 15 is 0 Å². The monoisotopic (exact) mass is 193 g/mol. The molecule has 0 saturated carbocycles. The first-order valence-corrected chi connectivity index (χ1v) is 4.81. The van der Waals surface area contributed by atoms with E-state index in [1.54, 1.807) is 12.3 Å². The van der Waals surface area contributed by atoms with Crippen LogP contribution < -0.4 is 0 Å². The number of pyridine rings is 1. The molecular weight excluding hydrogens is 178 g/mol. The van der Waals surface area contributed by atoms with Gasteiger partial charge in [0.1, 0.15) is 5.69 Å². The van der Waals surface area contributed by atoms with Crippen molar-refractivity contribution in [2.24, 2.45) is 0 Å². The predicted molar refractivity (Wildman–Crippen MR) is 54.3 cm³/mol. The zero-order valence-electron chi connectivity index (χ0n) is 8.36. The third-order valence-electron chi connectivity index (χ3n) is 2.06. The van der Waals surface area contributed by atoms with Gasteiger partial charge in [-0.15, -0.1) is 0 Å². The fraction of sp³-hybridized carbons (Fsp3) is 0.455. The van der Waals surface area contributed by atoms with E-state index in [9.17, 15) is 4.79 Å². The molecule has 0 aliphatic carbocycles. The average Bonchev–Trinajstić information content (AvgIpc) is 2.19. The summed E-state index contributed by atoms with van der Waals surface area (Å²) in [4.78, 5) is 15.0. The molecule has 0 atom stereocenters. The van der Waals surface area contributed by atoms with Crippen LogP contribution in [0.25, 0.3) is 0 Å². The zero-order valence-corrected chi connectivity index (χ0v) is 8.36. The van der Waals surface area contributed by atoms with Crippen LogP contribution >= 0.6 is 0 Å². The summed E-state index contributed by atoms with van der Waals surface area (Å²) in [5, 5.41) is 8.60. The van der Waals surface area contributed by atoms with Gasteiger partial charge < -0.3 is 5.11 Å². The number of hydrogen-bond acceptors (Lipinski definition) is 3. The molecule has 0 fully saturated rings. The minimum Gasteiger partial charge on any atom is -0.396 e. The Morgan fingerprint density at radius 2 is 2.21 bits per heavy atom. The van der Waals surface area contributed by atoms with Crippen molar-refractivity contribution < 1.29 is 9.90 Å². The van der Waals surface area contributed by atoms with Crippen LogP contribution in [0.4, 0.5) is 0 Å². The van der Waals surface area contributed by atoms with Crippen molar-refractivity contribution in [3.05, 3.63) is 29.6 Å². The maximum atomic E-state index is 10.9. The summed E-state index contributed by atoms with van der Waals surface area (Å²) in [5.74, 6) is -0.00749. The Morgan fingerprint density at radius 3 is 2.71 bits per heavy atom. The number of aliphatic hydroxyl groups is 1. The minimum absolute atomic E-state index is 0.00749. The number of carbonyl (C=O) groups excluding carboxylic acids is 1. The van der Waals surface area contributed by atoms with E-state index in [-0.39, 0.29) is 12.4 Å². The Labute approximate surface area is 83.8 Å². The van der Waals surface area contributed by atoms with E-state index in [0.717, 1.165) is 24.8 Å². The molecule has 0 unspecified atom stereocenters. The van der Waals surface area contributed by atoms with Crippen molar-refractivity contribution in [2.45, 2.75) is 26.2 Å². The lowest BCUT2D eigenvalue weighted by atomic mass is 10.1. The largest absolute Gasteiger partial charge is 0.396 e. The van der Waals surface area contributed by atoms with Crippen LogP contribution in [0.15, 0.2) is 18.3 Å². The Morgan fingerprint density at radius 1 is 1.43 bits per heavy atom. The van der Waals surface area contributed by atoms with Gasteiger partial charge in [-0.2, -0.15) is 0 Å². The van der Waals surface area contributed by atoms with Gasteiger partial charge >= 0.3 is 0 Å². The molecule has 0 spiro atoms. The standard InChI is InChI=1S/C11H15NO2/c1-9(14)11-6-5-10(8-12-11)4-2-3-7-13/h5-6,8,13H,2-4,7H2,1H3. The van der Waals surface area contributed by atoms with Crippen molar-refractivity contribution >= 4 is 5.78 Å². The van der Waals surface area contributed by atoms with Crippen LogP contribution in [0.3, 0.4) is 0 Å². The Balaban J connectivity index is 2.51. The number of ketones is 1. The molecule has 3 heteroatoms. The summed E-state index contributed by atoms with van der Waals surface area (Å²) >= 11 is 0. The number of nitrogens with zero attached hydrogens (tertiary/aromatic N) is 1. The second kappa shape index (κ2) is 5.50. The van der Waals surface area contributed by atoms with E-state index in [4.69, 9.17) is 5.11 Å². The van der Waals surface area contributed by atoms with Crippen LogP contribution in [0.2, 0.25) is 0 Å². The van der Waals surface area contributed by atoms with Crippen LogP contribution in [-0.2, 0) is 6.42 Å². The average molecular weight is 193 g/mol. The smallest absolute Gasteiger partial charge is 0.178 e. The third kappa shape index (κ3) is 3.26. The first-order valence-electron chi connectivity index (χ1n) is 4.81. The van der Waals surface area contributed by atoms with E-state index in [0.29, 0.717) is 5.69 Å². The molecule has 3 nitrogen and oxygen atoms in total. The highest BCUT2D eigenvalue weighted by molar-refractivity contribution is 5.91. The molecule has 76 valence electrons. The van der Waals surface area contributed by atoms with Gasteiger partial charge in [0.2, 0.25) is 0 Å². The maximum absolute atomic E-state index is 10.9. The normalized spacial score (nSPS) is 10.1. The number of Topliss-reactive ketones (excluding diaryl/α,β-unsaturated/α-hetero) is 1. The summed E-state index contributed by atoms with van der Waals surface area (Å²) in [6.45, 7) is 1.74. The summed E-state index contributed by atoms with van der Waals surface area (Å²) in [7, 11) is 0. The molecule has 1 rings (SSSR count). The maximum Gasteiger partial charge on any atom is 0.178 e. The molecule has 1 N–H and O–H groups in total. The summed E-state index contributed by atoms with van der Waals surface area (Å²) in [6.07, 6.45) is 4.41. The lowest BCUT2D eigenvalue weighted by Crippen LogP contribution is -1.97. The number of hydrogen-bond donors (Lipinski definition) is 1. The van der Waals surface area contributed by atoms with Gasteiger partial charge in [0.05, 0.1) is 0 Å². The second-order valence-corrected chi connectivity index (χ2v) is 3.29. The summed E-state index contributed by atoms with van der Waals surface area (Å²) in [5.41, 5.74) is 1.62. The van der Waals surface area contributed by atoms with E-state index in [1.165, 1.54) is 6.92 Å². The van der Waals surface area contributed by atoms with Gasteiger partial charge in [0, 0.05) is 19.7 Å². The molecular formula is C11H15NO2. The predicted octanol–water partition coefficient (Wildman–Crippen LogP) is 1.60. The van der Waals surface area contributed by atoms with Gasteiger partial charge in [0.15, 0.2) is 5.78 Å². The lowest BCUT2D eigenvalue weighted by Gasteiger charge is -2.00. The highest BCUT2D eigenvalue weighted by Crippen LogP contribution is 2.05. The molecule has 0 amide bonds. The first-order chi connectivity index (χ1) is 6.74. The van der Waals surface area contributed by atoms with Crippen molar-refractivity contribution in [1.29, 1.82) is 0 Å². The number of aromatic nitrogens is 1. The second-order valence-electron chi connectivity index (χ2n) is 3.29.